The molecule has 1 amide bonds. The van der Waals surface area contributed by atoms with Crippen molar-refractivity contribution >= 4 is 28.5 Å². The Morgan fingerprint density at radius 3 is 2.28 bits per heavy atom. The number of carbonyl (C=O) groups is 2. The van der Waals surface area contributed by atoms with Crippen molar-refractivity contribution in [2.45, 2.75) is 39.0 Å². The van der Waals surface area contributed by atoms with Gasteiger partial charge >= 0.3 is 18.2 Å². The van der Waals surface area contributed by atoms with Crippen molar-refractivity contribution in [2.24, 2.45) is 0 Å². The Kier molecular flexibility index (Phi) is 6.77. The van der Waals surface area contributed by atoms with Crippen LogP contribution in [0.2, 0.25) is 0 Å². The summed E-state index contributed by atoms with van der Waals surface area (Å²) in [5, 5.41) is 8.59. The molecule has 0 aliphatic carbocycles. The summed E-state index contributed by atoms with van der Waals surface area (Å²) < 4.78 is 49.0. The van der Waals surface area contributed by atoms with Gasteiger partial charge in [-0.1, -0.05) is 11.3 Å². The Morgan fingerprint density at radius 2 is 1.88 bits per heavy atom. The summed E-state index contributed by atoms with van der Waals surface area (Å²) in [5.74, 6) is -1.77. The fraction of sp³-hybridized carbons (Fsp3) is 0.643. The molecule has 0 bridgehead atoms. The van der Waals surface area contributed by atoms with E-state index in [2.05, 4.69) is 4.98 Å². The number of hydrogen-bond acceptors (Lipinski definition) is 6. The number of carboxylic acids is 1. The van der Waals surface area contributed by atoms with E-state index in [9.17, 15) is 22.8 Å². The number of anilines is 1. The molecule has 0 atom stereocenters. The first-order valence-electron chi connectivity index (χ1n) is 7.17. The van der Waals surface area contributed by atoms with Crippen molar-refractivity contribution in [2.75, 3.05) is 25.2 Å². The molecule has 11 heteroatoms. The van der Waals surface area contributed by atoms with Gasteiger partial charge in [0.05, 0.1) is 0 Å². The lowest BCUT2D eigenvalue weighted by Crippen LogP contribution is -2.37. The fourth-order valence-corrected chi connectivity index (χ4v) is 2.65. The summed E-state index contributed by atoms with van der Waals surface area (Å²) in [7, 11) is 1.44. The monoisotopic (exact) mass is 384 g/mol. The molecule has 0 aliphatic heterocycles. The number of carbonyl (C=O) groups excluding carboxylic acids is 1. The minimum Gasteiger partial charge on any atom is -0.477 e. The fourth-order valence-electron chi connectivity index (χ4n) is 1.71. The average molecular weight is 384 g/mol. The van der Waals surface area contributed by atoms with Crippen LogP contribution in [-0.4, -0.2) is 48.0 Å². The zero-order valence-electron chi connectivity index (χ0n) is 14.1. The number of nitrogens with zero attached hydrogens (tertiary/aromatic N) is 2. The van der Waals surface area contributed by atoms with Crippen LogP contribution >= 0.6 is 11.3 Å². The van der Waals surface area contributed by atoms with Crippen molar-refractivity contribution in [3.63, 3.8) is 0 Å². The molecule has 0 radical (unpaired) electrons. The second kappa shape index (κ2) is 8.00. The van der Waals surface area contributed by atoms with Crippen LogP contribution in [0.1, 0.15) is 42.6 Å². The van der Waals surface area contributed by atoms with Gasteiger partial charge in [-0.15, -0.1) is 0 Å². The minimum absolute atomic E-state index is 0.0351. The number of alkyl halides is 3. The van der Waals surface area contributed by atoms with Gasteiger partial charge in [0.25, 0.3) is 0 Å². The maximum absolute atomic E-state index is 13.0. The molecule has 1 aromatic heterocycles. The number of amides is 1. The third-order valence-electron chi connectivity index (χ3n) is 2.65. The normalized spacial score (nSPS) is 12.1. The number of ether oxygens (including phenoxy) is 2. The number of methoxy groups -OCH3 is 1. The Hall–Kier alpha value is -1.88. The first kappa shape index (κ1) is 21.2. The summed E-state index contributed by atoms with van der Waals surface area (Å²) >= 11 is 0.269. The van der Waals surface area contributed by atoms with Crippen LogP contribution in [0.3, 0.4) is 0 Å². The summed E-state index contributed by atoms with van der Waals surface area (Å²) in [4.78, 5) is 26.6. The van der Waals surface area contributed by atoms with E-state index in [1.165, 1.54) is 7.11 Å². The van der Waals surface area contributed by atoms with Crippen LogP contribution in [0.5, 0.6) is 0 Å². The van der Waals surface area contributed by atoms with E-state index in [0.29, 0.717) is 6.42 Å². The van der Waals surface area contributed by atoms with E-state index in [-0.39, 0.29) is 24.5 Å². The highest BCUT2D eigenvalue weighted by molar-refractivity contribution is 7.17. The highest BCUT2D eigenvalue weighted by Gasteiger charge is 2.41. The van der Waals surface area contributed by atoms with Crippen molar-refractivity contribution in [3.05, 3.63) is 10.6 Å². The molecule has 1 heterocycles. The highest BCUT2D eigenvalue weighted by Crippen LogP contribution is 2.37. The van der Waals surface area contributed by atoms with Gasteiger partial charge in [0, 0.05) is 20.3 Å². The number of aromatic carboxylic acids is 1. The molecular formula is C14H19F3N2O5S. The molecule has 0 unspecified atom stereocenters. The zero-order chi connectivity index (χ0) is 19.4. The molecule has 1 aromatic rings. The van der Waals surface area contributed by atoms with E-state index >= 15 is 0 Å². The van der Waals surface area contributed by atoms with E-state index < -0.39 is 39.5 Å². The Labute approximate surface area is 146 Å². The van der Waals surface area contributed by atoms with Crippen molar-refractivity contribution < 1.29 is 37.3 Å². The van der Waals surface area contributed by atoms with Gasteiger partial charge in [0.1, 0.15) is 10.5 Å². The Morgan fingerprint density at radius 1 is 1.28 bits per heavy atom. The molecule has 1 N–H and O–H groups in total. The largest absolute Gasteiger partial charge is 0.477 e. The predicted molar refractivity (Wildman–Crippen MR) is 84.1 cm³/mol. The number of hydrogen-bond donors (Lipinski definition) is 1. The number of aromatic nitrogens is 1. The number of halogens is 3. The Bertz CT molecular complexity index is 625. The maximum atomic E-state index is 13.0. The van der Waals surface area contributed by atoms with Crippen LogP contribution in [0.15, 0.2) is 0 Å². The molecule has 0 spiro atoms. The van der Waals surface area contributed by atoms with Crippen LogP contribution in [0, 0.1) is 0 Å². The molecule has 0 aliphatic rings. The van der Waals surface area contributed by atoms with Crippen LogP contribution < -0.4 is 4.90 Å². The average Bonchev–Trinajstić information content (AvgIpc) is 2.86. The first-order chi connectivity index (χ1) is 11.4. The molecule has 25 heavy (non-hydrogen) atoms. The van der Waals surface area contributed by atoms with E-state index in [1.54, 1.807) is 20.8 Å². The molecule has 0 saturated heterocycles. The second-order valence-corrected chi connectivity index (χ2v) is 6.93. The van der Waals surface area contributed by atoms with E-state index in [1.807, 2.05) is 0 Å². The predicted octanol–water partition coefficient (Wildman–Crippen LogP) is 3.64. The zero-order valence-corrected chi connectivity index (χ0v) is 15.0. The van der Waals surface area contributed by atoms with Crippen LogP contribution in [0.4, 0.5) is 23.1 Å². The van der Waals surface area contributed by atoms with Crippen molar-refractivity contribution in [1.29, 1.82) is 0 Å². The third-order valence-corrected chi connectivity index (χ3v) is 3.72. The van der Waals surface area contributed by atoms with Crippen LogP contribution in [0.25, 0.3) is 0 Å². The number of carboxylic acid groups (broad SMARTS) is 1. The van der Waals surface area contributed by atoms with Crippen molar-refractivity contribution in [1.82, 2.24) is 4.98 Å². The standard InChI is InChI=1S/C14H19F3N2O5S/c1-13(2,3)24-12(22)19(6-5-7-23-4)11-18-9(14(15,16)17)8(25-11)10(20)21/h5-7H2,1-4H3,(H,20,21). The quantitative estimate of drug-likeness (QED) is 0.754. The van der Waals surface area contributed by atoms with Gasteiger partial charge in [-0.3, -0.25) is 4.90 Å². The lowest BCUT2D eigenvalue weighted by Gasteiger charge is -2.25. The SMILES string of the molecule is COCCCN(C(=O)OC(C)(C)C)c1nc(C(F)(F)F)c(C(=O)O)s1. The lowest BCUT2D eigenvalue weighted by molar-refractivity contribution is -0.141. The van der Waals surface area contributed by atoms with Gasteiger partial charge in [-0.2, -0.15) is 13.2 Å². The Balaban J connectivity index is 3.25. The molecule has 0 aromatic carbocycles. The first-order valence-corrected chi connectivity index (χ1v) is 7.99. The second-order valence-electron chi connectivity index (χ2n) is 5.96. The van der Waals surface area contributed by atoms with Gasteiger partial charge in [-0.05, 0) is 27.2 Å². The highest BCUT2D eigenvalue weighted by atomic mass is 32.1. The third kappa shape index (κ3) is 6.16. The summed E-state index contributed by atoms with van der Waals surface area (Å²) in [5.41, 5.74) is -2.42. The molecule has 1 rings (SSSR count). The topological polar surface area (TPSA) is 89.0 Å². The van der Waals surface area contributed by atoms with Gasteiger partial charge in [0.15, 0.2) is 10.8 Å². The molecule has 142 valence electrons. The van der Waals surface area contributed by atoms with Gasteiger partial charge in [0.2, 0.25) is 0 Å². The van der Waals surface area contributed by atoms with Gasteiger partial charge < -0.3 is 14.6 Å². The lowest BCUT2D eigenvalue weighted by atomic mass is 10.2. The van der Waals surface area contributed by atoms with Crippen LogP contribution in [-0.2, 0) is 15.7 Å². The molecule has 0 fully saturated rings. The summed E-state index contributed by atoms with van der Waals surface area (Å²) in [6, 6.07) is 0. The van der Waals surface area contributed by atoms with E-state index in [4.69, 9.17) is 14.6 Å². The van der Waals surface area contributed by atoms with E-state index in [0.717, 1.165) is 4.90 Å². The van der Waals surface area contributed by atoms with Crippen molar-refractivity contribution in [3.8, 4) is 0 Å². The maximum Gasteiger partial charge on any atom is 0.435 e. The number of thiazole rings is 1. The summed E-state index contributed by atoms with van der Waals surface area (Å²) in [6.07, 6.45) is -5.56. The smallest absolute Gasteiger partial charge is 0.435 e. The minimum atomic E-state index is -4.95. The molecule has 7 nitrogen and oxygen atoms in total. The number of rotatable bonds is 6. The molecule has 0 saturated carbocycles. The summed E-state index contributed by atoms with van der Waals surface area (Å²) in [6.45, 7) is 5.02. The van der Waals surface area contributed by atoms with Gasteiger partial charge in [-0.25, -0.2) is 14.6 Å². The molecular weight excluding hydrogens is 365 g/mol.